The third-order valence-electron chi connectivity index (χ3n) is 6.01. The molecule has 2 heterocycles. The van der Waals surface area contributed by atoms with E-state index in [4.69, 9.17) is 14.5 Å². The summed E-state index contributed by atoms with van der Waals surface area (Å²) in [6.07, 6.45) is 5.22. The van der Waals surface area contributed by atoms with Gasteiger partial charge in [0.1, 0.15) is 11.6 Å². The molecular weight excluding hydrogens is 417 g/mol. The van der Waals surface area contributed by atoms with E-state index in [1.54, 1.807) is 12.1 Å². The molecule has 0 amide bonds. The number of unbranched alkanes of at least 4 members (excludes halogenated alkanes) is 1. The fraction of sp³-hybridized carbons (Fsp3) is 0.444. The molecule has 3 aromatic rings. The van der Waals surface area contributed by atoms with E-state index in [-0.39, 0.29) is 12.6 Å². The first kappa shape index (κ1) is 23.3. The molecule has 6 heteroatoms. The van der Waals surface area contributed by atoms with Crippen molar-refractivity contribution in [2.45, 2.75) is 59.7 Å². The second-order valence-corrected chi connectivity index (χ2v) is 9.17. The molecule has 0 N–H and O–H groups in total. The maximum Gasteiger partial charge on any atom is 0.231 e. The van der Waals surface area contributed by atoms with Gasteiger partial charge in [-0.2, -0.15) is 0 Å². The van der Waals surface area contributed by atoms with Crippen LogP contribution in [0.3, 0.4) is 0 Å². The van der Waals surface area contributed by atoms with Gasteiger partial charge in [-0.15, -0.1) is 0 Å². The molecule has 1 aromatic heterocycles. The fourth-order valence-electron chi connectivity index (χ4n) is 4.14. The summed E-state index contributed by atoms with van der Waals surface area (Å²) in [6, 6.07) is 12.9. The third kappa shape index (κ3) is 5.93. The normalized spacial score (nSPS) is 12.8. The van der Waals surface area contributed by atoms with Crippen LogP contribution in [0.5, 0.6) is 11.5 Å². The highest BCUT2D eigenvalue weighted by Crippen LogP contribution is 2.33. The van der Waals surface area contributed by atoms with Crippen LogP contribution in [0.25, 0.3) is 11.4 Å². The molecule has 0 atom stereocenters. The number of nitrogens with zero attached hydrogens (tertiary/aromatic N) is 3. The van der Waals surface area contributed by atoms with Crippen LogP contribution >= 0.6 is 0 Å². The highest BCUT2D eigenvalue weighted by Gasteiger charge is 2.18. The highest BCUT2D eigenvalue weighted by atomic mass is 19.1. The van der Waals surface area contributed by atoms with Gasteiger partial charge < -0.3 is 14.0 Å². The van der Waals surface area contributed by atoms with E-state index in [0.29, 0.717) is 5.92 Å². The van der Waals surface area contributed by atoms with Gasteiger partial charge in [-0.1, -0.05) is 45.4 Å². The monoisotopic (exact) mass is 451 g/mol. The first-order valence-electron chi connectivity index (χ1n) is 11.9. The van der Waals surface area contributed by atoms with Gasteiger partial charge in [0.15, 0.2) is 11.5 Å². The molecule has 2 aromatic carbocycles. The molecule has 0 aliphatic carbocycles. The number of hydrogen-bond donors (Lipinski definition) is 0. The number of halogens is 1. The summed E-state index contributed by atoms with van der Waals surface area (Å²) in [4.78, 5) is 7.18. The number of benzene rings is 2. The van der Waals surface area contributed by atoms with Gasteiger partial charge in [-0.05, 0) is 55.1 Å². The Labute approximate surface area is 196 Å². The van der Waals surface area contributed by atoms with E-state index in [1.165, 1.54) is 11.6 Å². The van der Waals surface area contributed by atoms with Crippen molar-refractivity contribution in [3.05, 3.63) is 65.7 Å². The Kier molecular flexibility index (Phi) is 7.65. The molecule has 176 valence electrons. The predicted octanol–water partition coefficient (Wildman–Crippen LogP) is 6.27. The van der Waals surface area contributed by atoms with Crippen LogP contribution in [0.4, 0.5) is 4.39 Å². The second-order valence-electron chi connectivity index (χ2n) is 9.17. The number of aromatic nitrogens is 2. The number of rotatable bonds is 11. The molecule has 0 saturated heterocycles. The Bertz CT molecular complexity index is 1060. The molecule has 0 fully saturated rings. The van der Waals surface area contributed by atoms with Crippen LogP contribution < -0.4 is 9.47 Å². The first-order chi connectivity index (χ1) is 16.0. The number of hydrogen-bond acceptors (Lipinski definition) is 4. The van der Waals surface area contributed by atoms with Crippen molar-refractivity contribution in [2.75, 3.05) is 13.3 Å². The molecule has 1 aliphatic rings. The maximum absolute atomic E-state index is 13.9. The number of ether oxygens (including phenoxy) is 2. The zero-order valence-corrected chi connectivity index (χ0v) is 19.9. The molecule has 4 rings (SSSR count). The Morgan fingerprint density at radius 1 is 1.09 bits per heavy atom. The van der Waals surface area contributed by atoms with Crippen molar-refractivity contribution in [3.8, 4) is 22.9 Å². The van der Waals surface area contributed by atoms with E-state index in [2.05, 4.69) is 42.4 Å². The summed E-state index contributed by atoms with van der Waals surface area (Å²) in [5.41, 5.74) is 3.18. The lowest BCUT2D eigenvalue weighted by molar-refractivity contribution is 0.174. The fourth-order valence-corrected chi connectivity index (χ4v) is 4.14. The first-order valence-corrected chi connectivity index (χ1v) is 11.9. The smallest absolute Gasteiger partial charge is 0.231 e. The molecule has 0 spiro atoms. The van der Waals surface area contributed by atoms with Gasteiger partial charge >= 0.3 is 0 Å². The minimum Gasteiger partial charge on any atom is -0.454 e. The molecular formula is C27H34FN3O2. The predicted molar refractivity (Wildman–Crippen MR) is 129 cm³/mol. The van der Waals surface area contributed by atoms with Crippen molar-refractivity contribution in [2.24, 2.45) is 5.92 Å². The molecule has 0 bridgehead atoms. The van der Waals surface area contributed by atoms with Gasteiger partial charge in [0.05, 0.1) is 11.9 Å². The van der Waals surface area contributed by atoms with E-state index >= 15 is 0 Å². The Balaban J connectivity index is 1.59. The molecule has 0 unspecified atom stereocenters. The number of fused-ring (bicyclic) bond motifs is 1. The lowest BCUT2D eigenvalue weighted by Crippen LogP contribution is -2.26. The van der Waals surface area contributed by atoms with Gasteiger partial charge in [-0.25, -0.2) is 9.37 Å². The average Bonchev–Trinajstić information content (AvgIpc) is 3.42. The van der Waals surface area contributed by atoms with Gasteiger partial charge in [0.2, 0.25) is 6.79 Å². The maximum atomic E-state index is 13.9. The topological polar surface area (TPSA) is 39.5 Å². The Hall–Kier alpha value is -2.86. The van der Waals surface area contributed by atoms with Crippen molar-refractivity contribution >= 4 is 0 Å². The molecule has 0 radical (unpaired) electrons. The minimum absolute atomic E-state index is 0.236. The van der Waals surface area contributed by atoms with Crippen LogP contribution in [0.15, 0.2) is 48.7 Å². The van der Waals surface area contributed by atoms with Crippen LogP contribution in [0, 0.1) is 11.7 Å². The summed E-state index contributed by atoms with van der Waals surface area (Å²) < 4.78 is 27.2. The van der Waals surface area contributed by atoms with E-state index < -0.39 is 0 Å². The zero-order valence-electron chi connectivity index (χ0n) is 19.9. The summed E-state index contributed by atoms with van der Waals surface area (Å²) >= 11 is 0. The van der Waals surface area contributed by atoms with Crippen LogP contribution in [0.1, 0.15) is 51.3 Å². The van der Waals surface area contributed by atoms with Crippen molar-refractivity contribution in [1.29, 1.82) is 0 Å². The number of imidazole rings is 1. The van der Waals surface area contributed by atoms with Gasteiger partial charge in [-0.3, -0.25) is 4.90 Å². The lowest BCUT2D eigenvalue weighted by Gasteiger charge is -2.24. The zero-order chi connectivity index (χ0) is 23.2. The third-order valence-corrected chi connectivity index (χ3v) is 6.01. The van der Waals surface area contributed by atoms with Gasteiger partial charge in [0, 0.05) is 25.2 Å². The van der Waals surface area contributed by atoms with E-state index in [9.17, 15) is 4.39 Å². The quantitative estimate of drug-likeness (QED) is 0.345. The van der Waals surface area contributed by atoms with E-state index in [1.807, 2.05) is 18.3 Å². The SMILES string of the molecule is CCCCn1c(CN(CCC(C)C)Cc2ccc3c(c2)OCO3)cnc1-c1cccc(F)c1. The van der Waals surface area contributed by atoms with Crippen molar-refractivity contribution in [3.63, 3.8) is 0 Å². The Morgan fingerprint density at radius 3 is 2.73 bits per heavy atom. The summed E-state index contributed by atoms with van der Waals surface area (Å²) in [7, 11) is 0. The lowest BCUT2D eigenvalue weighted by atomic mass is 10.1. The van der Waals surface area contributed by atoms with Crippen LogP contribution in [0.2, 0.25) is 0 Å². The Morgan fingerprint density at radius 2 is 1.94 bits per heavy atom. The summed E-state index contributed by atoms with van der Waals surface area (Å²) in [5.74, 6) is 2.85. The average molecular weight is 452 g/mol. The summed E-state index contributed by atoms with van der Waals surface area (Å²) in [6.45, 7) is 10.5. The molecule has 1 aliphatic heterocycles. The largest absolute Gasteiger partial charge is 0.454 e. The van der Waals surface area contributed by atoms with Gasteiger partial charge in [0.25, 0.3) is 0 Å². The standard InChI is InChI=1S/C27H34FN3O2/c1-4-5-12-31-24(16-29-27(31)22-7-6-8-23(28)15-22)18-30(13-11-20(2)3)17-21-9-10-25-26(14-21)33-19-32-25/h6-10,14-16,20H,4-5,11-13,17-19H2,1-3H3. The van der Waals surface area contributed by atoms with Crippen molar-refractivity contribution in [1.82, 2.24) is 14.5 Å². The van der Waals surface area contributed by atoms with Crippen molar-refractivity contribution < 1.29 is 13.9 Å². The summed E-state index contributed by atoms with van der Waals surface area (Å²) in [5, 5.41) is 0. The second kappa shape index (κ2) is 10.8. The molecule has 0 saturated carbocycles. The van der Waals surface area contributed by atoms with Crippen LogP contribution in [-0.4, -0.2) is 27.8 Å². The highest BCUT2D eigenvalue weighted by molar-refractivity contribution is 5.56. The minimum atomic E-state index is -0.236. The van der Waals surface area contributed by atoms with Crippen LogP contribution in [-0.2, 0) is 19.6 Å². The molecule has 5 nitrogen and oxygen atoms in total. The molecule has 33 heavy (non-hydrogen) atoms. The van der Waals surface area contributed by atoms with E-state index in [0.717, 1.165) is 74.0 Å².